The minimum absolute atomic E-state index is 0. The summed E-state index contributed by atoms with van der Waals surface area (Å²) in [6, 6.07) is 34.8. The van der Waals surface area contributed by atoms with E-state index in [0.717, 1.165) is 11.0 Å². The van der Waals surface area contributed by atoms with Gasteiger partial charge < -0.3 is 24.8 Å². The van der Waals surface area contributed by atoms with Crippen LogP contribution in [0.1, 0.15) is 29.6 Å². The van der Waals surface area contributed by atoms with Crippen LogP contribution in [0.15, 0.2) is 110 Å². The van der Waals surface area contributed by atoms with E-state index in [9.17, 15) is 0 Å². The number of benzene rings is 4. The molecule has 0 radical (unpaired) electrons. The third-order valence-corrected chi connectivity index (χ3v) is 14.4. The normalized spacial score (nSPS) is 17.0. The van der Waals surface area contributed by atoms with Crippen LogP contribution in [0, 0.1) is 0 Å². The number of nitrogens with zero attached hydrogens (tertiary/aromatic N) is 4. The van der Waals surface area contributed by atoms with E-state index < -0.39 is 22.9 Å². The van der Waals surface area contributed by atoms with Crippen molar-refractivity contribution in [2.75, 3.05) is 0 Å². The van der Waals surface area contributed by atoms with Gasteiger partial charge in [0.1, 0.15) is 0 Å². The van der Waals surface area contributed by atoms with Crippen molar-refractivity contribution in [1.82, 2.24) is 19.1 Å². The molecule has 2 atom stereocenters. The van der Waals surface area contributed by atoms with Crippen LogP contribution in [0.25, 0.3) is 45.6 Å². The van der Waals surface area contributed by atoms with Crippen LogP contribution in [0.4, 0.5) is 0 Å². The zero-order valence-electron chi connectivity index (χ0n) is 20.7. The van der Waals surface area contributed by atoms with Gasteiger partial charge in [0.25, 0.3) is 0 Å². The van der Waals surface area contributed by atoms with Crippen molar-refractivity contribution in [2.24, 2.45) is 0 Å². The fourth-order valence-electron chi connectivity index (χ4n) is 5.88. The molecule has 2 aliphatic rings. The predicted molar refractivity (Wildman–Crippen MR) is 146 cm³/mol. The van der Waals surface area contributed by atoms with E-state index >= 15 is 0 Å². The van der Waals surface area contributed by atoms with Gasteiger partial charge >= 0.3 is 227 Å². The van der Waals surface area contributed by atoms with Crippen molar-refractivity contribution in [3.63, 3.8) is 0 Å². The number of aromatic nitrogens is 4. The number of imidazole rings is 2. The third kappa shape index (κ3) is 4.15. The van der Waals surface area contributed by atoms with E-state index in [-0.39, 0.29) is 24.8 Å². The average Bonchev–Trinajstić information content (AvgIpc) is 3.72. The van der Waals surface area contributed by atoms with Crippen molar-refractivity contribution in [2.45, 2.75) is 7.35 Å². The van der Waals surface area contributed by atoms with Gasteiger partial charge in [0.2, 0.25) is 0 Å². The molecule has 0 bridgehead atoms. The maximum absolute atomic E-state index is 4.74. The molecule has 0 aliphatic heterocycles. The number of hydrogen-bond donors (Lipinski definition) is 0. The van der Waals surface area contributed by atoms with Crippen molar-refractivity contribution in [1.29, 1.82) is 0 Å². The zero-order valence-corrected chi connectivity index (χ0v) is 25.9. The molecule has 2 unspecified atom stereocenters. The summed E-state index contributed by atoms with van der Waals surface area (Å²) in [6.45, 7) is 0. The number of para-hydroxylation sites is 4. The molecule has 4 aromatic carbocycles. The molecular weight excluding hydrogens is 690 g/mol. The second-order valence-electron chi connectivity index (χ2n) is 9.64. The molecule has 6 aromatic rings. The second kappa shape index (κ2) is 10.4. The predicted octanol–water partition coefficient (Wildman–Crippen LogP) is 1.28. The number of allylic oxidation sites excluding steroid dienone is 2. The van der Waals surface area contributed by atoms with Crippen LogP contribution in [0.5, 0.6) is 0 Å². The standard InChI is InChI=1S/2C16H11N2.2ClH.Hf/c2*1-2-6-13-10-14(9-12(13)5-1)18-11-17-15-7-3-4-8-16(15)18;;;/h2*1-11H;2*1H;/q;;;;+2/p-2. The number of rotatable bonds is 4. The quantitative estimate of drug-likeness (QED) is 0.259. The van der Waals surface area contributed by atoms with Gasteiger partial charge in [-0.15, -0.1) is 0 Å². The summed E-state index contributed by atoms with van der Waals surface area (Å²) in [7, 11) is 0. The van der Waals surface area contributed by atoms with Crippen LogP contribution in [0.3, 0.4) is 0 Å². The molecule has 2 heterocycles. The molecular formula is C32H22Cl2HfN4. The van der Waals surface area contributed by atoms with E-state index in [1.54, 1.807) is 0 Å². The van der Waals surface area contributed by atoms with Crippen LogP contribution < -0.4 is 24.8 Å². The van der Waals surface area contributed by atoms with Gasteiger partial charge in [0.15, 0.2) is 0 Å². The Balaban J connectivity index is 0.00000138. The largest absolute Gasteiger partial charge is 1.00 e. The summed E-state index contributed by atoms with van der Waals surface area (Å²) in [5.41, 5.74) is 12.8. The molecule has 0 N–H and O–H groups in total. The SMILES string of the molecule is C1=C(n2cnc3ccccc32)[CH]([Hf+2][CH]2C(n3cnc4ccccc43)=Cc3ccccc32)c2ccccc21.[Cl-].[Cl-]. The molecule has 0 spiro atoms. The maximum atomic E-state index is 4.74. The molecule has 2 aliphatic carbocycles. The second-order valence-corrected chi connectivity index (χ2v) is 15.0. The Morgan fingerprint density at radius 2 is 0.923 bits per heavy atom. The Labute approximate surface area is 250 Å². The molecule has 39 heavy (non-hydrogen) atoms. The Bertz CT molecular complexity index is 1760. The van der Waals surface area contributed by atoms with Gasteiger partial charge in [0, 0.05) is 0 Å². The minimum Gasteiger partial charge on any atom is -1.00 e. The molecule has 0 saturated heterocycles. The summed E-state index contributed by atoms with van der Waals surface area (Å²) in [6.07, 6.45) is 8.83. The van der Waals surface area contributed by atoms with Gasteiger partial charge in [-0.1, -0.05) is 0 Å². The Kier molecular flexibility index (Phi) is 6.92. The molecule has 4 nitrogen and oxygen atoms in total. The van der Waals surface area contributed by atoms with E-state index in [1.807, 2.05) is 12.7 Å². The fourth-order valence-corrected chi connectivity index (χ4v) is 13.1. The third-order valence-electron chi connectivity index (χ3n) is 7.61. The number of halogens is 2. The number of fused-ring (bicyclic) bond motifs is 4. The maximum Gasteiger partial charge on any atom is -1.00 e. The smallest absolute Gasteiger partial charge is 1.00 e. The van der Waals surface area contributed by atoms with Crippen LogP contribution in [0.2, 0.25) is 0 Å². The molecule has 7 heteroatoms. The first-order chi connectivity index (χ1) is 18.3. The molecule has 0 amide bonds. The Morgan fingerprint density at radius 3 is 1.41 bits per heavy atom. The first-order valence-electron chi connectivity index (χ1n) is 12.6. The van der Waals surface area contributed by atoms with E-state index in [0.29, 0.717) is 7.35 Å². The van der Waals surface area contributed by atoms with E-state index in [4.69, 9.17) is 9.97 Å². The average molecular weight is 712 g/mol. The van der Waals surface area contributed by atoms with Crippen LogP contribution in [-0.2, 0) is 22.9 Å². The molecule has 0 saturated carbocycles. The van der Waals surface area contributed by atoms with E-state index in [2.05, 4.69) is 118 Å². The number of hydrogen-bond acceptors (Lipinski definition) is 2. The van der Waals surface area contributed by atoms with Gasteiger partial charge in [0.05, 0.1) is 0 Å². The Hall–Kier alpha value is -3.25. The van der Waals surface area contributed by atoms with Crippen molar-refractivity contribution >= 4 is 45.6 Å². The monoisotopic (exact) mass is 712 g/mol. The molecule has 188 valence electrons. The summed E-state index contributed by atoms with van der Waals surface area (Å²) >= 11 is -1.45. The van der Waals surface area contributed by atoms with Gasteiger partial charge in [-0.25, -0.2) is 0 Å². The first-order valence-corrected chi connectivity index (χ1v) is 16.7. The van der Waals surface area contributed by atoms with Crippen molar-refractivity contribution in [3.8, 4) is 0 Å². The molecule has 0 fully saturated rings. The van der Waals surface area contributed by atoms with Crippen LogP contribution in [-0.4, -0.2) is 19.1 Å². The topological polar surface area (TPSA) is 35.6 Å². The summed E-state index contributed by atoms with van der Waals surface area (Å²) in [4.78, 5) is 9.48. The van der Waals surface area contributed by atoms with E-state index in [1.165, 1.54) is 44.7 Å². The van der Waals surface area contributed by atoms with Gasteiger partial charge in [-0.05, 0) is 0 Å². The molecule has 2 aromatic heterocycles. The first kappa shape index (κ1) is 26.0. The summed E-state index contributed by atoms with van der Waals surface area (Å²) in [5, 5.41) is 0. The Morgan fingerprint density at radius 1 is 0.513 bits per heavy atom. The van der Waals surface area contributed by atoms with Crippen LogP contribution >= 0.6 is 0 Å². The van der Waals surface area contributed by atoms with Gasteiger partial charge in [-0.3, -0.25) is 0 Å². The minimum atomic E-state index is -1.45. The van der Waals surface area contributed by atoms with Gasteiger partial charge in [-0.2, -0.15) is 0 Å². The molecule has 8 rings (SSSR count). The zero-order chi connectivity index (χ0) is 24.3. The van der Waals surface area contributed by atoms with Crippen molar-refractivity contribution in [3.05, 3.63) is 132 Å². The summed E-state index contributed by atoms with van der Waals surface area (Å²) < 4.78 is 5.54. The summed E-state index contributed by atoms with van der Waals surface area (Å²) in [5.74, 6) is 0. The van der Waals surface area contributed by atoms with Crippen molar-refractivity contribution < 1.29 is 47.7 Å². The fraction of sp³-hybridized carbons (Fsp3) is 0.0625.